The van der Waals surface area contributed by atoms with Crippen LogP contribution in [-0.2, 0) is 6.42 Å². The summed E-state index contributed by atoms with van der Waals surface area (Å²) >= 11 is 0. The van der Waals surface area contributed by atoms with Crippen LogP contribution in [0.25, 0.3) is 11.3 Å². The van der Waals surface area contributed by atoms with Gasteiger partial charge in [0.25, 0.3) is 0 Å². The van der Waals surface area contributed by atoms with Crippen LogP contribution in [0, 0.1) is 0 Å². The van der Waals surface area contributed by atoms with E-state index < -0.39 is 12.4 Å². The number of nitrogens with zero attached hydrogens (tertiary/aromatic N) is 1. The van der Waals surface area contributed by atoms with Gasteiger partial charge in [-0.25, -0.2) is 13.6 Å². The van der Waals surface area contributed by atoms with Gasteiger partial charge in [-0.3, -0.25) is 0 Å². The van der Waals surface area contributed by atoms with Gasteiger partial charge < -0.3 is 9.63 Å². The zero-order valence-corrected chi connectivity index (χ0v) is 9.14. The second-order valence-electron chi connectivity index (χ2n) is 3.67. The molecule has 0 radical (unpaired) electrons. The van der Waals surface area contributed by atoms with Crippen LogP contribution >= 0.6 is 0 Å². The van der Waals surface area contributed by atoms with Gasteiger partial charge in [-0.05, 0) is 5.56 Å². The molecule has 0 amide bonds. The Kier molecular flexibility index (Phi) is 3.36. The highest BCUT2D eigenvalue weighted by atomic mass is 19.3. The van der Waals surface area contributed by atoms with Crippen molar-refractivity contribution in [3.05, 3.63) is 41.6 Å². The Balaban J connectivity index is 2.20. The van der Waals surface area contributed by atoms with Crippen molar-refractivity contribution in [2.45, 2.75) is 12.8 Å². The fourth-order valence-electron chi connectivity index (χ4n) is 1.50. The first kappa shape index (κ1) is 12.2. The van der Waals surface area contributed by atoms with E-state index in [1.165, 1.54) is 6.07 Å². The third-order valence-electron chi connectivity index (χ3n) is 2.36. The van der Waals surface area contributed by atoms with Gasteiger partial charge in [-0.15, -0.1) is 0 Å². The lowest BCUT2D eigenvalue weighted by molar-refractivity contribution is 0.0685. The van der Waals surface area contributed by atoms with Gasteiger partial charge in [0.2, 0.25) is 6.43 Å². The zero-order valence-electron chi connectivity index (χ0n) is 9.14. The van der Waals surface area contributed by atoms with Gasteiger partial charge >= 0.3 is 5.97 Å². The van der Waals surface area contributed by atoms with Gasteiger partial charge in [0, 0.05) is 18.1 Å². The predicted molar refractivity (Wildman–Crippen MR) is 58.6 cm³/mol. The van der Waals surface area contributed by atoms with Crippen molar-refractivity contribution in [3.8, 4) is 11.3 Å². The van der Waals surface area contributed by atoms with Crippen LogP contribution in [0.15, 0.2) is 34.9 Å². The van der Waals surface area contributed by atoms with E-state index in [0.717, 1.165) is 0 Å². The minimum Gasteiger partial charge on any atom is -0.476 e. The van der Waals surface area contributed by atoms with Crippen molar-refractivity contribution in [2.24, 2.45) is 0 Å². The second kappa shape index (κ2) is 4.95. The lowest BCUT2D eigenvalue weighted by Crippen LogP contribution is -1.96. The molecule has 0 saturated carbocycles. The fourth-order valence-corrected chi connectivity index (χ4v) is 1.50. The first-order valence-corrected chi connectivity index (χ1v) is 5.13. The third kappa shape index (κ3) is 2.71. The molecule has 2 rings (SSSR count). The fraction of sp³-hybridized carbons (Fsp3) is 0.167. The number of hydrogen-bond acceptors (Lipinski definition) is 3. The van der Waals surface area contributed by atoms with Crippen LogP contribution in [0.2, 0.25) is 0 Å². The molecule has 0 aliphatic carbocycles. The summed E-state index contributed by atoms with van der Waals surface area (Å²) in [7, 11) is 0. The molecule has 0 atom stereocenters. The number of benzene rings is 1. The average molecular weight is 253 g/mol. The van der Waals surface area contributed by atoms with Crippen LogP contribution < -0.4 is 0 Å². The number of carbonyl (C=O) groups is 1. The lowest BCUT2D eigenvalue weighted by Gasteiger charge is -2.01. The molecule has 0 saturated heterocycles. The van der Waals surface area contributed by atoms with Crippen molar-refractivity contribution >= 4 is 5.97 Å². The molecule has 1 aromatic heterocycles. The molecule has 0 aliphatic heterocycles. The molecule has 1 aromatic carbocycles. The number of halogens is 2. The molecule has 18 heavy (non-hydrogen) atoms. The van der Waals surface area contributed by atoms with E-state index in [4.69, 9.17) is 9.63 Å². The largest absolute Gasteiger partial charge is 0.476 e. The Morgan fingerprint density at radius 1 is 1.33 bits per heavy atom. The van der Waals surface area contributed by atoms with Crippen molar-refractivity contribution in [2.75, 3.05) is 0 Å². The number of aromatic nitrogens is 1. The highest BCUT2D eigenvalue weighted by Crippen LogP contribution is 2.21. The first-order chi connectivity index (χ1) is 8.56. The molecule has 0 bridgehead atoms. The van der Waals surface area contributed by atoms with Crippen molar-refractivity contribution in [3.63, 3.8) is 0 Å². The van der Waals surface area contributed by atoms with Crippen LogP contribution in [-0.4, -0.2) is 22.7 Å². The molecule has 1 heterocycles. The van der Waals surface area contributed by atoms with E-state index in [2.05, 4.69) is 5.16 Å². The van der Waals surface area contributed by atoms with E-state index in [0.29, 0.717) is 11.1 Å². The Morgan fingerprint density at radius 3 is 2.50 bits per heavy atom. The zero-order chi connectivity index (χ0) is 13.1. The van der Waals surface area contributed by atoms with Crippen LogP contribution in [0.3, 0.4) is 0 Å². The summed E-state index contributed by atoms with van der Waals surface area (Å²) in [5.41, 5.74) is 0.904. The summed E-state index contributed by atoms with van der Waals surface area (Å²) < 4.78 is 29.1. The number of hydrogen-bond donors (Lipinski definition) is 1. The third-order valence-corrected chi connectivity index (χ3v) is 2.36. The van der Waals surface area contributed by atoms with Crippen molar-refractivity contribution in [1.82, 2.24) is 5.16 Å². The van der Waals surface area contributed by atoms with Gasteiger partial charge in [0.15, 0.2) is 11.5 Å². The van der Waals surface area contributed by atoms with E-state index in [9.17, 15) is 13.6 Å². The standard InChI is InChI=1S/C12H9F2NO3/c13-11(14)5-7-1-3-8(4-2-7)10-6-9(12(16)17)15-18-10/h1-4,6,11H,5H2,(H,16,17). The molecular weight excluding hydrogens is 244 g/mol. The Hall–Kier alpha value is -2.24. The van der Waals surface area contributed by atoms with E-state index in [1.54, 1.807) is 24.3 Å². The van der Waals surface area contributed by atoms with E-state index >= 15 is 0 Å². The van der Waals surface area contributed by atoms with Crippen LogP contribution in [0.4, 0.5) is 8.78 Å². The minimum absolute atomic E-state index is 0.193. The Labute approximate surface area is 101 Å². The topological polar surface area (TPSA) is 63.3 Å². The lowest BCUT2D eigenvalue weighted by atomic mass is 10.1. The normalized spacial score (nSPS) is 10.8. The molecule has 1 N–H and O–H groups in total. The highest BCUT2D eigenvalue weighted by Gasteiger charge is 2.12. The molecule has 94 valence electrons. The average Bonchev–Trinajstić information content (AvgIpc) is 2.78. The molecule has 0 fully saturated rings. The van der Waals surface area contributed by atoms with Gasteiger partial charge in [0.1, 0.15) is 0 Å². The van der Waals surface area contributed by atoms with Crippen molar-refractivity contribution in [1.29, 1.82) is 0 Å². The summed E-state index contributed by atoms with van der Waals surface area (Å²) in [6.45, 7) is 0. The summed E-state index contributed by atoms with van der Waals surface area (Å²) in [6.07, 6.45) is -2.70. The summed E-state index contributed by atoms with van der Waals surface area (Å²) in [5, 5.41) is 12.1. The molecule has 0 spiro atoms. The van der Waals surface area contributed by atoms with E-state index in [-0.39, 0.29) is 17.9 Å². The maximum absolute atomic E-state index is 12.1. The minimum atomic E-state index is -2.39. The Bertz CT molecular complexity index is 549. The number of alkyl halides is 2. The molecular formula is C12H9F2NO3. The smallest absolute Gasteiger partial charge is 0.358 e. The Morgan fingerprint density at radius 2 is 2.00 bits per heavy atom. The molecule has 6 heteroatoms. The summed E-state index contributed by atoms with van der Waals surface area (Å²) in [5.74, 6) is -0.893. The SMILES string of the molecule is O=C(O)c1cc(-c2ccc(CC(F)F)cc2)on1. The predicted octanol–water partition coefficient (Wildman–Crippen LogP) is 2.85. The maximum Gasteiger partial charge on any atom is 0.358 e. The van der Waals surface area contributed by atoms with Crippen LogP contribution in [0.5, 0.6) is 0 Å². The second-order valence-corrected chi connectivity index (χ2v) is 3.67. The number of rotatable bonds is 4. The first-order valence-electron chi connectivity index (χ1n) is 5.13. The molecule has 0 aliphatic rings. The van der Waals surface area contributed by atoms with Crippen LogP contribution in [0.1, 0.15) is 16.1 Å². The maximum atomic E-state index is 12.1. The number of carboxylic acids is 1. The van der Waals surface area contributed by atoms with Crippen molar-refractivity contribution < 1.29 is 23.2 Å². The van der Waals surface area contributed by atoms with Gasteiger partial charge in [0.05, 0.1) is 0 Å². The monoisotopic (exact) mass is 253 g/mol. The van der Waals surface area contributed by atoms with E-state index in [1.807, 2.05) is 0 Å². The summed E-state index contributed by atoms with van der Waals surface area (Å²) in [6, 6.07) is 7.55. The number of carboxylic acid groups (broad SMARTS) is 1. The highest BCUT2D eigenvalue weighted by molar-refractivity contribution is 5.86. The molecule has 2 aromatic rings. The quantitative estimate of drug-likeness (QED) is 0.909. The number of aromatic carboxylic acids is 1. The summed E-state index contributed by atoms with van der Waals surface area (Å²) in [4.78, 5) is 10.6. The molecule has 4 nitrogen and oxygen atoms in total. The molecule has 0 unspecified atom stereocenters. The van der Waals surface area contributed by atoms with Gasteiger partial charge in [-0.1, -0.05) is 29.4 Å². The van der Waals surface area contributed by atoms with Gasteiger partial charge in [-0.2, -0.15) is 0 Å².